The number of aliphatic hydroxyl groups is 1. The molecule has 0 aliphatic rings. The average Bonchev–Trinajstić information content (AvgIpc) is 3.46. The van der Waals surface area contributed by atoms with Crippen LogP contribution in [-0.2, 0) is 17.8 Å². The third kappa shape index (κ3) is 4.39. The first kappa shape index (κ1) is 21.4. The molecule has 5 rings (SSSR count). The lowest BCUT2D eigenvalue weighted by molar-refractivity contribution is -0.129. The Hall–Kier alpha value is -4.43. The molecule has 3 heterocycles. The van der Waals surface area contributed by atoms with E-state index in [1.165, 1.54) is 4.68 Å². The van der Waals surface area contributed by atoms with Gasteiger partial charge in [-0.05, 0) is 35.4 Å². The van der Waals surface area contributed by atoms with Crippen molar-refractivity contribution in [3.8, 4) is 16.9 Å². The smallest absolute Gasteiger partial charge is 0.280 e. The maximum Gasteiger partial charge on any atom is 0.280 e. The summed E-state index contributed by atoms with van der Waals surface area (Å²) < 4.78 is 1.45. The van der Waals surface area contributed by atoms with E-state index in [0.29, 0.717) is 16.9 Å². The number of nitrogens with zero attached hydrogens (tertiary/aromatic N) is 2. The molecule has 0 radical (unpaired) electrons. The molecule has 0 bridgehead atoms. The van der Waals surface area contributed by atoms with Gasteiger partial charge in [0.25, 0.3) is 5.56 Å². The van der Waals surface area contributed by atoms with Gasteiger partial charge in [-0.15, -0.1) is 0 Å². The van der Waals surface area contributed by atoms with Crippen molar-refractivity contribution in [2.45, 2.75) is 19.1 Å². The summed E-state index contributed by atoms with van der Waals surface area (Å²) in [4.78, 5) is 32.8. The molecular weight excluding hydrogens is 430 g/mol. The molecule has 0 aliphatic heterocycles. The maximum atomic E-state index is 13.1. The van der Waals surface area contributed by atoms with Gasteiger partial charge in [0, 0.05) is 42.5 Å². The Labute approximate surface area is 194 Å². The van der Waals surface area contributed by atoms with Crippen LogP contribution in [-0.4, -0.2) is 36.9 Å². The van der Waals surface area contributed by atoms with Gasteiger partial charge in [0.15, 0.2) is 0 Å². The highest BCUT2D eigenvalue weighted by atomic mass is 16.3. The van der Waals surface area contributed by atoms with Gasteiger partial charge >= 0.3 is 0 Å². The lowest BCUT2D eigenvalue weighted by atomic mass is 10.1. The van der Waals surface area contributed by atoms with Crippen molar-refractivity contribution in [1.82, 2.24) is 25.1 Å². The number of nitrogens with one attached hydrogen (secondary N) is 3. The van der Waals surface area contributed by atoms with Crippen LogP contribution in [0.3, 0.4) is 0 Å². The summed E-state index contributed by atoms with van der Waals surface area (Å²) in [5, 5.41) is 16.9. The summed E-state index contributed by atoms with van der Waals surface area (Å²) in [7, 11) is 0. The number of carbonyl (C=O) groups excluding carboxylic acids is 1. The SMILES string of the molecule is O=C(NCc1cccc(-n2[nH]cc(-c3cc4cnccc4[nH]3)c2=O)c1)[C@@H](O)Cc1ccccc1. The van der Waals surface area contributed by atoms with Crippen molar-refractivity contribution >= 4 is 16.8 Å². The minimum Gasteiger partial charge on any atom is -0.383 e. The normalized spacial score (nSPS) is 12.0. The first-order valence-electron chi connectivity index (χ1n) is 10.9. The Morgan fingerprint density at radius 1 is 1.06 bits per heavy atom. The van der Waals surface area contributed by atoms with E-state index in [1.807, 2.05) is 66.7 Å². The molecule has 170 valence electrons. The number of benzene rings is 2. The van der Waals surface area contributed by atoms with E-state index in [9.17, 15) is 14.7 Å². The first-order chi connectivity index (χ1) is 16.6. The highest BCUT2D eigenvalue weighted by molar-refractivity contribution is 5.84. The highest BCUT2D eigenvalue weighted by Crippen LogP contribution is 2.21. The van der Waals surface area contributed by atoms with Gasteiger partial charge in [0.1, 0.15) is 6.10 Å². The molecule has 0 fully saturated rings. The number of rotatable bonds is 7. The number of carbonyl (C=O) groups is 1. The highest BCUT2D eigenvalue weighted by Gasteiger charge is 2.16. The third-order valence-electron chi connectivity index (χ3n) is 5.69. The second kappa shape index (κ2) is 9.21. The number of amides is 1. The fourth-order valence-electron chi connectivity index (χ4n) is 3.91. The quantitative estimate of drug-likeness (QED) is 0.303. The van der Waals surface area contributed by atoms with Crippen LogP contribution in [0.5, 0.6) is 0 Å². The van der Waals surface area contributed by atoms with E-state index in [4.69, 9.17) is 0 Å². The summed E-state index contributed by atoms with van der Waals surface area (Å²) in [6.07, 6.45) is 4.22. The second-order valence-corrected chi connectivity index (χ2v) is 8.07. The molecular formula is C26H23N5O3. The molecule has 34 heavy (non-hydrogen) atoms. The summed E-state index contributed by atoms with van der Waals surface area (Å²) in [6, 6.07) is 20.4. The number of fused-ring (bicyclic) bond motifs is 1. The Kier molecular flexibility index (Phi) is 5.80. The minimum atomic E-state index is -1.13. The molecule has 0 unspecified atom stereocenters. The van der Waals surface area contributed by atoms with E-state index in [-0.39, 0.29) is 18.5 Å². The van der Waals surface area contributed by atoms with Gasteiger partial charge in [-0.25, -0.2) is 4.68 Å². The Balaban J connectivity index is 1.30. The number of aromatic amines is 2. The predicted molar refractivity (Wildman–Crippen MR) is 129 cm³/mol. The molecule has 4 N–H and O–H groups in total. The summed E-state index contributed by atoms with van der Waals surface area (Å²) >= 11 is 0. The van der Waals surface area contributed by atoms with Gasteiger partial charge in [-0.1, -0.05) is 42.5 Å². The lowest BCUT2D eigenvalue weighted by Crippen LogP contribution is -2.35. The number of hydrogen-bond donors (Lipinski definition) is 4. The average molecular weight is 454 g/mol. The molecule has 0 spiro atoms. The second-order valence-electron chi connectivity index (χ2n) is 8.07. The van der Waals surface area contributed by atoms with Gasteiger partial charge in [-0.2, -0.15) is 0 Å². The first-order valence-corrected chi connectivity index (χ1v) is 10.9. The van der Waals surface area contributed by atoms with Crippen LogP contribution in [0.25, 0.3) is 27.8 Å². The third-order valence-corrected chi connectivity index (χ3v) is 5.69. The van der Waals surface area contributed by atoms with Gasteiger partial charge < -0.3 is 15.4 Å². The van der Waals surface area contributed by atoms with E-state index < -0.39 is 12.0 Å². The molecule has 2 aromatic carbocycles. The van der Waals surface area contributed by atoms with Crippen molar-refractivity contribution in [3.63, 3.8) is 0 Å². The van der Waals surface area contributed by atoms with Gasteiger partial charge in [-0.3, -0.25) is 19.7 Å². The molecule has 1 atom stereocenters. The zero-order valence-corrected chi connectivity index (χ0v) is 18.2. The zero-order valence-electron chi connectivity index (χ0n) is 18.2. The number of aliphatic hydroxyl groups excluding tert-OH is 1. The van der Waals surface area contributed by atoms with Crippen molar-refractivity contribution < 1.29 is 9.90 Å². The largest absolute Gasteiger partial charge is 0.383 e. The molecule has 8 heteroatoms. The Bertz CT molecular complexity index is 1470. The molecule has 5 aromatic rings. The minimum absolute atomic E-state index is 0.195. The fourth-order valence-corrected chi connectivity index (χ4v) is 3.91. The lowest BCUT2D eigenvalue weighted by Gasteiger charge is -2.12. The van der Waals surface area contributed by atoms with Crippen molar-refractivity contribution in [1.29, 1.82) is 0 Å². The predicted octanol–water partition coefficient (Wildman–Crippen LogP) is 2.93. The van der Waals surface area contributed by atoms with Crippen LogP contribution < -0.4 is 10.9 Å². The van der Waals surface area contributed by atoms with Gasteiger partial charge in [0.05, 0.1) is 16.9 Å². The number of pyridine rings is 1. The number of hydrogen-bond acceptors (Lipinski definition) is 4. The molecule has 0 saturated heterocycles. The van der Waals surface area contributed by atoms with Crippen LogP contribution in [0.2, 0.25) is 0 Å². The van der Waals surface area contributed by atoms with E-state index in [2.05, 4.69) is 20.4 Å². The van der Waals surface area contributed by atoms with Crippen molar-refractivity contribution in [3.05, 3.63) is 107 Å². The maximum absolute atomic E-state index is 13.1. The number of aromatic nitrogens is 4. The van der Waals surface area contributed by atoms with E-state index in [1.54, 1.807) is 18.6 Å². The summed E-state index contributed by atoms with van der Waals surface area (Å²) in [5.41, 5.74) is 4.27. The molecule has 1 amide bonds. The van der Waals surface area contributed by atoms with Crippen LogP contribution in [0.4, 0.5) is 0 Å². The fraction of sp³-hybridized carbons (Fsp3) is 0.115. The molecule has 0 saturated carbocycles. The molecule has 8 nitrogen and oxygen atoms in total. The van der Waals surface area contributed by atoms with Crippen molar-refractivity contribution in [2.24, 2.45) is 0 Å². The Morgan fingerprint density at radius 3 is 2.71 bits per heavy atom. The molecule has 0 aliphatic carbocycles. The van der Waals surface area contributed by atoms with Crippen molar-refractivity contribution in [2.75, 3.05) is 0 Å². The molecule has 3 aromatic heterocycles. The summed E-state index contributed by atoms with van der Waals surface area (Å²) in [5.74, 6) is -0.443. The standard InChI is InChI=1S/C26H23N5O3/c32-24(12-17-5-2-1-3-6-17)25(33)28-14-18-7-4-8-20(11-18)31-26(34)21(16-29-31)23-13-19-15-27-10-9-22(19)30-23/h1-11,13,15-16,24,29-30,32H,12,14H2,(H,28,33)/t24-/m0/s1. The monoisotopic (exact) mass is 453 g/mol. The van der Waals surface area contributed by atoms with E-state index in [0.717, 1.165) is 22.0 Å². The Morgan fingerprint density at radius 2 is 1.88 bits per heavy atom. The van der Waals surface area contributed by atoms with Gasteiger partial charge in [0.2, 0.25) is 5.91 Å². The van der Waals surface area contributed by atoms with E-state index >= 15 is 0 Å². The topological polar surface area (TPSA) is 116 Å². The van der Waals surface area contributed by atoms with Crippen LogP contribution in [0.15, 0.2) is 90.1 Å². The van der Waals surface area contributed by atoms with Crippen LogP contribution >= 0.6 is 0 Å². The van der Waals surface area contributed by atoms with Crippen LogP contribution in [0, 0.1) is 0 Å². The zero-order chi connectivity index (χ0) is 23.5. The summed E-state index contributed by atoms with van der Waals surface area (Å²) in [6.45, 7) is 0.232. The number of H-pyrrole nitrogens is 2. The van der Waals surface area contributed by atoms with Crippen LogP contribution in [0.1, 0.15) is 11.1 Å².